The Morgan fingerprint density at radius 1 is 1.09 bits per heavy atom. The molecule has 0 spiro atoms. The van der Waals surface area contributed by atoms with E-state index in [1.54, 1.807) is 7.11 Å². The van der Waals surface area contributed by atoms with Gasteiger partial charge in [-0.15, -0.1) is 10.2 Å². The minimum absolute atomic E-state index is 0.0822. The molecule has 2 aromatic carbocycles. The van der Waals surface area contributed by atoms with E-state index in [0.29, 0.717) is 16.6 Å². The van der Waals surface area contributed by atoms with Crippen LogP contribution in [-0.4, -0.2) is 45.9 Å². The van der Waals surface area contributed by atoms with E-state index in [4.69, 9.17) is 4.74 Å². The van der Waals surface area contributed by atoms with Crippen LogP contribution < -0.4 is 14.8 Å². The Hall–Kier alpha value is -3.73. The second-order valence-corrected chi connectivity index (χ2v) is 7.90. The smallest absolute Gasteiger partial charge is 0.387 e. The molecule has 170 valence electrons. The van der Waals surface area contributed by atoms with Crippen LogP contribution in [0.4, 0.5) is 8.78 Å². The van der Waals surface area contributed by atoms with Crippen molar-refractivity contribution >= 4 is 40.1 Å². The molecule has 33 heavy (non-hydrogen) atoms. The van der Waals surface area contributed by atoms with Crippen LogP contribution in [-0.2, 0) is 4.79 Å². The average molecular weight is 472 g/mol. The summed E-state index contributed by atoms with van der Waals surface area (Å²) in [7, 11) is 1.58. The molecule has 0 atom stereocenters. The van der Waals surface area contributed by atoms with E-state index in [2.05, 4.69) is 20.3 Å². The SMILES string of the molecule is COc1ccc2c(C)cc3nnc(SCC(=O)NC(=O)c4ccc(OC(F)F)cc4)n3c2c1. The summed E-state index contributed by atoms with van der Waals surface area (Å²) >= 11 is 1.13. The van der Waals surface area contributed by atoms with Gasteiger partial charge in [-0.3, -0.25) is 19.3 Å². The van der Waals surface area contributed by atoms with Crippen LogP contribution in [0.3, 0.4) is 0 Å². The number of ether oxygens (including phenoxy) is 2. The van der Waals surface area contributed by atoms with Crippen LogP contribution in [0.2, 0.25) is 0 Å². The third-order valence-corrected chi connectivity index (χ3v) is 5.73. The number of aromatic nitrogens is 3. The summed E-state index contributed by atoms with van der Waals surface area (Å²) in [5, 5.41) is 12.1. The lowest BCUT2D eigenvalue weighted by molar-refractivity contribution is -0.117. The normalized spacial score (nSPS) is 11.2. The van der Waals surface area contributed by atoms with Gasteiger partial charge < -0.3 is 9.47 Å². The zero-order valence-corrected chi connectivity index (χ0v) is 18.4. The van der Waals surface area contributed by atoms with Crippen molar-refractivity contribution in [2.75, 3.05) is 12.9 Å². The number of fused-ring (bicyclic) bond motifs is 3. The molecule has 0 radical (unpaired) electrons. The first kappa shape index (κ1) is 22.5. The monoisotopic (exact) mass is 472 g/mol. The summed E-state index contributed by atoms with van der Waals surface area (Å²) in [6.07, 6.45) is 0. The predicted molar refractivity (Wildman–Crippen MR) is 118 cm³/mol. The highest BCUT2D eigenvalue weighted by atomic mass is 32.2. The zero-order chi connectivity index (χ0) is 23.5. The number of rotatable bonds is 7. The van der Waals surface area contributed by atoms with E-state index in [9.17, 15) is 18.4 Å². The number of carbonyl (C=O) groups is 2. The number of nitrogens with one attached hydrogen (secondary N) is 1. The number of halogens is 2. The summed E-state index contributed by atoms with van der Waals surface area (Å²) in [5.41, 5.74) is 2.62. The molecule has 0 saturated heterocycles. The number of nitrogens with zero attached hydrogens (tertiary/aromatic N) is 3. The van der Waals surface area contributed by atoms with E-state index in [-0.39, 0.29) is 17.1 Å². The lowest BCUT2D eigenvalue weighted by atomic mass is 10.1. The second-order valence-electron chi connectivity index (χ2n) is 6.96. The van der Waals surface area contributed by atoms with Crippen molar-refractivity contribution < 1.29 is 27.8 Å². The number of benzene rings is 2. The summed E-state index contributed by atoms with van der Waals surface area (Å²) in [4.78, 5) is 24.6. The summed E-state index contributed by atoms with van der Waals surface area (Å²) in [6, 6.07) is 12.6. The number of hydrogen-bond donors (Lipinski definition) is 1. The van der Waals surface area contributed by atoms with Gasteiger partial charge in [-0.2, -0.15) is 8.78 Å². The van der Waals surface area contributed by atoms with E-state index < -0.39 is 18.4 Å². The van der Waals surface area contributed by atoms with Gasteiger partial charge in [-0.1, -0.05) is 11.8 Å². The number of amides is 2. The number of alkyl halides is 2. The van der Waals surface area contributed by atoms with Gasteiger partial charge in [0.2, 0.25) is 5.91 Å². The summed E-state index contributed by atoms with van der Waals surface area (Å²) in [6.45, 7) is -0.986. The van der Waals surface area contributed by atoms with Crippen molar-refractivity contribution in [3.8, 4) is 11.5 Å². The minimum atomic E-state index is -2.96. The first-order valence-electron chi connectivity index (χ1n) is 9.70. The van der Waals surface area contributed by atoms with Crippen LogP contribution in [0.15, 0.2) is 53.7 Å². The molecule has 0 bridgehead atoms. The molecule has 0 aliphatic carbocycles. The van der Waals surface area contributed by atoms with Gasteiger partial charge in [-0.05, 0) is 55.0 Å². The third kappa shape index (κ3) is 4.87. The maximum atomic E-state index is 12.3. The summed E-state index contributed by atoms with van der Waals surface area (Å²) in [5.74, 6) is -0.684. The van der Waals surface area contributed by atoms with E-state index >= 15 is 0 Å². The largest absolute Gasteiger partial charge is 0.497 e. The maximum Gasteiger partial charge on any atom is 0.387 e. The molecule has 2 amide bonds. The number of pyridine rings is 1. The fourth-order valence-electron chi connectivity index (χ4n) is 3.28. The first-order valence-corrected chi connectivity index (χ1v) is 10.7. The fourth-order valence-corrected chi connectivity index (χ4v) is 4.03. The van der Waals surface area contributed by atoms with Gasteiger partial charge in [0.15, 0.2) is 10.8 Å². The standard InChI is InChI=1S/C22H18F2N4O4S/c1-12-9-18-26-27-22(28(18)17-10-15(31-2)7-8-16(12)17)33-11-19(29)25-20(30)13-3-5-14(6-4-13)32-21(23)24/h3-10,21H,11H2,1-2H3,(H,25,29,30). The Kier molecular flexibility index (Phi) is 6.40. The average Bonchev–Trinajstić information content (AvgIpc) is 3.20. The van der Waals surface area contributed by atoms with Crippen LogP contribution in [0.5, 0.6) is 11.5 Å². The molecule has 0 aliphatic rings. The Morgan fingerprint density at radius 3 is 2.52 bits per heavy atom. The lowest BCUT2D eigenvalue weighted by Crippen LogP contribution is -2.31. The molecule has 1 N–H and O–H groups in total. The molecular weight excluding hydrogens is 454 g/mol. The number of thioether (sulfide) groups is 1. The van der Waals surface area contributed by atoms with Crippen LogP contribution in [0, 0.1) is 6.92 Å². The highest BCUT2D eigenvalue weighted by Gasteiger charge is 2.16. The number of hydrogen-bond acceptors (Lipinski definition) is 7. The molecule has 11 heteroatoms. The minimum Gasteiger partial charge on any atom is -0.497 e. The molecular formula is C22H18F2N4O4S. The quantitative estimate of drug-likeness (QED) is 0.408. The molecule has 2 aromatic heterocycles. The van der Waals surface area contributed by atoms with Crippen molar-refractivity contribution in [3.05, 3.63) is 59.7 Å². The van der Waals surface area contributed by atoms with Crippen LogP contribution in [0.25, 0.3) is 16.6 Å². The van der Waals surface area contributed by atoms with Gasteiger partial charge in [0.05, 0.1) is 18.4 Å². The molecule has 8 nitrogen and oxygen atoms in total. The molecule has 2 heterocycles. The Morgan fingerprint density at radius 2 is 1.82 bits per heavy atom. The van der Waals surface area contributed by atoms with Gasteiger partial charge in [-0.25, -0.2) is 0 Å². The van der Waals surface area contributed by atoms with E-state index in [1.165, 1.54) is 24.3 Å². The van der Waals surface area contributed by atoms with Crippen molar-refractivity contribution in [2.45, 2.75) is 18.7 Å². The second kappa shape index (κ2) is 9.41. The van der Waals surface area contributed by atoms with E-state index in [1.807, 2.05) is 35.6 Å². The Balaban J connectivity index is 1.47. The number of aryl methyl sites for hydroxylation is 1. The molecule has 4 aromatic rings. The van der Waals surface area contributed by atoms with Crippen molar-refractivity contribution in [2.24, 2.45) is 0 Å². The zero-order valence-electron chi connectivity index (χ0n) is 17.5. The highest BCUT2D eigenvalue weighted by Crippen LogP contribution is 2.28. The van der Waals surface area contributed by atoms with Crippen molar-refractivity contribution in [1.29, 1.82) is 0 Å². The van der Waals surface area contributed by atoms with Crippen LogP contribution in [0.1, 0.15) is 15.9 Å². The number of carbonyl (C=O) groups excluding carboxylic acids is 2. The van der Waals surface area contributed by atoms with Gasteiger partial charge >= 0.3 is 6.61 Å². The van der Waals surface area contributed by atoms with Crippen molar-refractivity contribution in [3.63, 3.8) is 0 Å². The third-order valence-electron chi connectivity index (χ3n) is 4.80. The Bertz CT molecular complexity index is 1340. The number of methoxy groups -OCH3 is 1. The maximum absolute atomic E-state index is 12.3. The number of imide groups is 1. The van der Waals surface area contributed by atoms with Gasteiger partial charge in [0, 0.05) is 17.0 Å². The Labute approximate surface area is 190 Å². The first-order chi connectivity index (χ1) is 15.9. The predicted octanol–water partition coefficient (Wildman–Crippen LogP) is 3.85. The molecule has 0 fully saturated rings. The molecule has 0 aliphatic heterocycles. The molecule has 4 rings (SSSR count). The molecule has 0 unspecified atom stereocenters. The van der Waals surface area contributed by atoms with Crippen LogP contribution >= 0.6 is 11.8 Å². The van der Waals surface area contributed by atoms with Crippen molar-refractivity contribution in [1.82, 2.24) is 19.9 Å². The molecule has 0 saturated carbocycles. The lowest BCUT2D eigenvalue weighted by Gasteiger charge is -2.09. The highest BCUT2D eigenvalue weighted by molar-refractivity contribution is 7.99. The van der Waals surface area contributed by atoms with Gasteiger partial charge in [0.25, 0.3) is 5.91 Å². The van der Waals surface area contributed by atoms with E-state index in [0.717, 1.165) is 28.2 Å². The van der Waals surface area contributed by atoms with Gasteiger partial charge in [0.1, 0.15) is 11.5 Å². The topological polar surface area (TPSA) is 94.8 Å². The fraction of sp³-hybridized carbons (Fsp3) is 0.182. The summed E-state index contributed by atoms with van der Waals surface area (Å²) < 4.78 is 35.9.